The molecule has 7 heteroatoms. The lowest BCUT2D eigenvalue weighted by atomic mass is 10.1. The van der Waals surface area contributed by atoms with Crippen LogP contribution < -0.4 is 10.1 Å². The summed E-state index contributed by atoms with van der Waals surface area (Å²) >= 11 is 0. The van der Waals surface area contributed by atoms with E-state index in [0.717, 1.165) is 38.2 Å². The van der Waals surface area contributed by atoms with Gasteiger partial charge in [0, 0.05) is 51.7 Å². The van der Waals surface area contributed by atoms with Gasteiger partial charge in [-0.2, -0.15) is 0 Å². The SMILES string of the molecule is COCCC(=O)N1CCC(Oc2ccc(C(=O)NCCN3CCCC3)cc2)CC1. The van der Waals surface area contributed by atoms with E-state index in [-0.39, 0.29) is 17.9 Å². The fraction of sp³-hybridized carbons (Fsp3) is 0.636. The number of methoxy groups -OCH3 is 1. The summed E-state index contributed by atoms with van der Waals surface area (Å²) in [6, 6.07) is 7.32. The predicted octanol–water partition coefficient (Wildman–Crippen LogP) is 1.92. The topological polar surface area (TPSA) is 71.1 Å². The number of piperidine rings is 1. The molecule has 2 saturated heterocycles. The summed E-state index contributed by atoms with van der Waals surface area (Å²) in [5.41, 5.74) is 0.650. The van der Waals surface area contributed by atoms with Crippen molar-refractivity contribution in [2.24, 2.45) is 0 Å². The Bertz CT molecular complexity index is 651. The van der Waals surface area contributed by atoms with Crippen molar-refractivity contribution >= 4 is 11.8 Å². The van der Waals surface area contributed by atoms with E-state index in [9.17, 15) is 9.59 Å². The zero-order chi connectivity index (χ0) is 20.5. The summed E-state index contributed by atoms with van der Waals surface area (Å²) in [6.45, 7) is 5.77. The molecule has 2 heterocycles. The summed E-state index contributed by atoms with van der Waals surface area (Å²) in [5, 5.41) is 2.99. The second kappa shape index (κ2) is 11.2. The lowest BCUT2D eigenvalue weighted by Gasteiger charge is -2.32. The average Bonchev–Trinajstić information content (AvgIpc) is 3.26. The summed E-state index contributed by atoms with van der Waals surface area (Å²) in [7, 11) is 1.61. The zero-order valence-electron chi connectivity index (χ0n) is 17.4. The van der Waals surface area contributed by atoms with Crippen LogP contribution in [-0.4, -0.2) is 80.7 Å². The van der Waals surface area contributed by atoms with Gasteiger partial charge < -0.3 is 24.6 Å². The molecule has 0 aliphatic carbocycles. The predicted molar refractivity (Wildman–Crippen MR) is 111 cm³/mol. The number of hydrogen-bond acceptors (Lipinski definition) is 5. The number of likely N-dealkylation sites (tertiary alicyclic amines) is 2. The van der Waals surface area contributed by atoms with Crippen LogP contribution in [0.5, 0.6) is 5.75 Å². The smallest absolute Gasteiger partial charge is 0.251 e. The molecule has 0 unspecified atom stereocenters. The third-order valence-corrected chi connectivity index (χ3v) is 5.65. The Morgan fingerprint density at radius 1 is 1.07 bits per heavy atom. The molecule has 2 amide bonds. The van der Waals surface area contributed by atoms with E-state index in [4.69, 9.17) is 9.47 Å². The fourth-order valence-corrected chi connectivity index (χ4v) is 3.88. The van der Waals surface area contributed by atoms with Crippen molar-refractivity contribution in [3.63, 3.8) is 0 Å². The highest BCUT2D eigenvalue weighted by atomic mass is 16.5. The van der Waals surface area contributed by atoms with Crippen LogP contribution in [0, 0.1) is 0 Å². The van der Waals surface area contributed by atoms with Gasteiger partial charge in [-0.05, 0) is 50.2 Å². The van der Waals surface area contributed by atoms with Crippen LogP contribution in [0.4, 0.5) is 0 Å². The van der Waals surface area contributed by atoms with Gasteiger partial charge in [-0.3, -0.25) is 9.59 Å². The van der Waals surface area contributed by atoms with E-state index in [1.807, 2.05) is 29.2 Å². The van der Waals surface area contributed by atoms with Crippen LogP contribution in [0.1, 0.15) is 42.5 Å². The van der Waals surface area contributed by atoms with E-state index in [1.54, 1.807) is 7.11 Å². The van der Waals surface area contributed by atoms with Crippen LogP contribution in [0.25, 0.3) is 0 Å². The molecule has 0 spiro atoms. The van der Waals surface area contributed by atoms with Crippen LogP contribution in [0.2, 0.25) is 0 Å². The van der Waals surface area contributed by atoms with Crippen LogP contribution in [0.3, 0.4) is 0 Å². The number of nitrogens with zero attached hydrogens (tertiary/aromatic N) is 2. The standard InChI is InChI=1S/C22H33N3O4/c1-28-17-10-21(26)25-14-8-20(9-15-25)29-19-6-4-18(5-7-19)22(27)23-11-16-24-12-2-3-13-24/h4-7,20H,2-3,8-17H2,1H3,(H,23,27). The number of hydrogen-bond donors (Lipinski definition) is 1. The molecule has 2 aliphatic rings. The van der Waals surface area contributed by atoms with Crippen LogP contribution in [0.15, 0.2) is 24.3 Å². The lowest BCUT2D eigenvalue weighted by Crippen LogP contribution is -2.42. The van der Waals surface area contributed by atoms with Crippen molar-refractivity contribution in [1.82, 2.24) is 15.1 Å². The number of carbonyl (C=O) groups is 2. The van der Waals surface area contributed by atoms with Gasteiger partial charge in [-0.25, -0.2) is 0 Å². The third-order valence-electron chi connectivity index (χ3n) is 5.65. The van der Waals surface area contributed by atoms with Crippen LogP contribution >= 0.6 is 0 Å². The maximum atomic E-state index is 12.3. The highest BCUT2D eigenvalue weighted by Gasteiger charge is 2.23. The number of amides is 2. The minimum absolute atomic E-state index is 0.0429. The summed E-state index contributed by atoms with van der Waals surface area (Å²) in [5.74, 6) is 0.867. The maximum absolute atomic E-state index is 12.3. The molecule has 0 aromatic heterocycles. The van der Waals surface area contributed by atoms with Gasteiger partial charge in [0.2, 0.25) is 5.91 Å². The van der Waals surface area contributed by atoms with E-state index in [1.165, 1.54) is 12.8 Å². The van der Waals surface area contributed by atoms with Crippen molar-refractivity contribution < 1.29 is 19.1 Å². The van der Waals surface area contributed by atoms with Gasteiger partial charge in [0.1, 0.15) is 11.9 Å². The number of ether oxygens (including phenoxy) is 2. The molecule has 29 heavy (non-hydrogen) atoms. The van der Waals surface area contributed by atoms with Gasteiger partial charge in [0.05, 0.1) is 13.0 Å². The number of rotatable bonds is 9. The van der Waals surface area contributed by atoms with Crippen LogP contribution in [-0.2, 0) is 9.53 Å². The molecular formula is C22H33N3O4. The van der Waals surface area contributed by atoms with Gasteiger partial charge in [-0.15, -0.1) is 0 Å². The first-order chi connectivity index (χ1) is 14.2. The monoisotopic (exact) mass is 403 g/mol. The van der Waals surface area contributed by atoms with Crippen molar-refractivity contribution in [3.05, 3.63) is 29.8 Å². The van der Waals surface area contributed by atoms with Crippen molar-refractivity contribution in [2.75, 3.05) is 53.0 Å². The summed E-state index contributed by atoms with van der Waals surface area (Å²) in [6.07, 6.45) is 4.69. The lowest BCUT2D eigenvalue weighted by molar-refractivity contribution is -0.133. The first kappa shape index (κ1) is 21.6. The van der Waals surface area contributed by atoms with Gasteiger partial charge >= 0.3 is 0 Å². The second-order valence-electron chi connectivity index (χ2n) is 7.77. The first-order valence-electron chi connectivity index (χ1n) is 10.7. The van der Waals surface area contributed by atoms with E-state index < -0.39 is 0 Å². The first-order valence-corrected chi connectivity index (χ1v) is 10.7. The van der Waals surface area contributed by atoms with Gasteiger partial charge in [0.25, 0.3) is 5.91 Å². The Kier molecular flexibility index (Phi) is 8.31. The Labute approximate surface area is 173 Å². The molecule has 0 atom stereocenters. The zero-order valence-corrected chi connectivity index (χ0v) is 17.4. The summed E-state index contributed by atoms with van der Waals surface area (Å²) in [4.78, 5) is 28.6. The third kappa shape index (κ3) is 6.72. The minimum Gasteiger partial charge on any atom is -0.490 e. The molecule has 2 fully saturated rings. The molecule has 1 aromatic carbocycles. The van der Waals surface area contributed by atoms with E-state index in [0.29, 0.717) is 38.2 Å². The largest absolute Gasteiger partial charge is 0.490 e. The number of nitrogens with one attached hydrogen (secondary N) is 1. The summed E-state index contributed by atoms with van der Waals surface area (Å²) < 4.78 is 11.0. The van der Waals surface area contributed by atoms with Gasteiger partial charge in [0.15, 0.2) is 0 Å². The van der Waals surface area contributed by atoms with Crippen molar-refractivity contribution in [1.29, 1.82) is 0 Å². The molecule has 3 rings (SSSR count). The number of benzene rings is 1. The Morgan fingerprint density at radius 3 is 2.41 bits per heavy atom. The van der Waals surface area contributed by atoms with E-state index in [2.05, 4.69) is 10.2 Å². The fourth-order valence-electron chi connectivity index (χ4n) is 3.88. The highest BCUT2D eigenvalue weighted by molar-refractivity contribution is 5.94. The molecule has 7 nitrogen and oxygen atoms in total. The Morgan fingerprint density at radius 2 is 1.76 bits per heavy atom. The second-order valence-corrected chi connectivity index (χ2v) is 7.77. The quantitative estimate of drug-likeness (QED) is 0.682. The molecule has 0 saturated carbocycles. The molecule has 1 aromatic rings. The Hall–Kier alpha value is -2.12. The van der Waals surface area contributed by atoms with E-state index >= 15 is 0 Å². The maximum Gasteiger partial charge on any atom is 0.251 e. The highest BCUT2D eigenvalue weighted by Crippen LogP contribution is 2.20. The normalized spacial score (nSPS) is 18.0. The molecule has 160 valence electrons. The average molecular weight is 404 g/mol. The molecule has 2 aliphatic heterocycles. The van der Waals surface area contributed by atoms with Gasteiger partial charge in [-0.1, -0.05) is 0 Å². The molecular weight excluding hydrogens is 370 g/mol. The van der Waals surface area contributed by atoms with Crippen molar-refractivity contribution in [3.8, 4) is 5.75 Å². The molecule has 0 bridgehead atoms. The molecule has 1 N–H and O–H groups in total. The Balaban J connectivity index is 1.38. The van der Waals surface area contributed by atoms with Crippen molar-refractivity contribution in [2.45, 2.75) is 38.2 Å². The number of carbonyl (C=O) groups excluding carboxylic acids is 2. The minimum atomic E-state index is -0.0429. The molecule has 0 radical (unpaired) electrons.